The number of rotatable bonds is 12. The van der Waals surface area contributed by atoms with Crippen LogP contribution in [0.2, 0.25) is 0 Å². The Hall–Kier alpha value is -5.34. The molecule has 4 aromatic rings. The zero-order valence-corrected chi connectivity index (χ0v) is 41.3. The summed E-state index contributed by atoms with van der Waals surface area (Å²) in [4.78, 5) is 61.1. The second-order valence-corrected chi connectivity index (χ2v) is 22.9. The molecular weight excluding hydrogens is 901 g/mol. The Kier molecular flexibility index (Phi) is 10.3. The predicted molar refractivity (Wildman–Crippen MR) is 261 cm³/mol. The van der Waals surface area contributed by atoms with Crippen LogP contribution in [0.25, 0.3) is 10.8 Å². The van der Waals surface area contributed by atoms with Crippen LogP contribution in [0.3, 0.4) is 0 Å². The van der Waals surface area contributed by atoms with E-state index in [-0.39, 0.29) is 54.6 Å². The number of piperidine rings is 2. The summed E-state index contributed by atoms with van der Waals surface area (Å²) in [5.41, 5.74) is 1.98. The van der Waals surface area contributed by atoms with Crippen molar-refractivity contribution in [1.82, 2.24) is 9.80 Å². The van der Waals surface area contributed by atoms with Gasteiger partial charge in [-0.2, -0.15) is 0 Å². The minimum atomic E-state index is -1.22. The van der Waals surface area contributed by atoms with E-state index in [2.05, 4.69) is 22.8 Å². The molecule has 6 aliphatic carbocycles. The topological polar surface area (TPSA) is 161 Å². The van der Waals surface area contributed by atoms with Crippen molar-refractivity contribution in [3.8, 4) is 28.7 Å². The third-order valence-corrected chi connectivity index (χ3v) is 19.4. The minimum Gasteiger partial charge on any atom is -0.497 e. The number of aliphatic hydroxyl groups is 2. The van der Waals surface area contributed by atoms with Gasteiger partial charge in [-0.1, -0.05) is 12.1 Å². The van der Waals surface area contributed by atoms with Gasteiger partial charge in [0.05, 0.1) is 43.7 Å². The lowest BCUT2D eigenvalue weighted by Crippen LogP contribution is -2.75. The number of ketones is 2. The van der Waals surface area contributed by atoms with Gasteiger partial charge in [-0.3, -0.25) is 29.0 Å². The maximum absolute atomic E-state index is 14.3. The third-order valence-electron chi connectivity index (χ3n) is 19.4. The van der Waals surface area contributed by atoms with Gasteiger partial charge in [0.2, 0.25) is 0 Å². The molecule has 13 heteroatoms. The zero-order chi connectivity index (χ0) is 48.9. The zero-order valence-electron chi connectivity index (χ0n) is 41.3. The number of carbonyl (C=O) groups is 4. The number of benzene rings is 4. The van der Waals surface area contributed by atoms with Gasteiger partial charge in [-0.25, -0.2) is 0 Å². The monoisotopic (exact) mass is 964 g/mol. The minimum absolute atomic E-state index is 0.0379. The Morgan fingerprint density at radius 1 is 0.704 bits per heavy atom. The van der Waals surface area contributed by atoms with Crippen LogP contribution in [0.1, 0.15) is 110 Å². The molecule has 2 spiro atoms. The average molecular weight is 965 g/mol. The summed E-state index contributed by atoms with van der Waals surface area (Å²) in [6.45, 7) is 7.56. The molecule has 6 fully saturated rings. The summed E-state index contributed by atoms with van der Waals surface area (Å²) in [6.07, 6.45) is 7.48. The van der Waals surface area contributed by atoms with E-state index in [4.69, 9.17) is 23.7 Å². The van der Waals surface area contributed by atoms with Crippen molar-refractivity contribution in [2.45, 2.75) is 144 Å². The molecule has 4 aromatic carbocycles. The van der Waals surface area contributed by atoms with E-state index in [0.29, 0.717) is 102 Å². The Balaban J connectivity index is 0.787. The maximum atomic E-state index is 14.3. The summed E-state index contributed by atoms with van der Waals surface area (Å²) >= 11 is 0. The van der Waals surface area contributed by atoms with Crippen LogP contribution in [0.4, 0.5) is 0 Å². The van der Waals surface area contributed by atoms with E-state index in [0.717, 1.165) is 54.0 Å². The highest BCUT2D eigenvalue weighted by Gasteiger charge is 2.72. The number of nitrogens with zero attached hydrogens (tertiary/aromatic N) is 2. The van der Waals surface area contributed by atoms with Crippen LogP contribution in [0.15, 0.2) is 48.5 Å². The van der Waals surface area contributed by atoms with Gasteiger partial charge >= 0.3 is 11.9 Å². The summed E-state index contributed by atoms with van der Waals surface area (Å²) in [7, 11) is 3.10. The van der Waals surface area contributed by atoms with E-state index in [1.54, 1.807) is 32.4 Å². The molecule has 0 amide bonds. The van der Waals surface area contributed by atoms with E-state index in [9.17, 15) is 29.4 Å². The Bertz CT molecular complexity index is 2980. The van der Waals surface area contributed by atoms with E-state index < -0.39 is 40.1 Å². The number of ether oxygens (including phenoxy) is 5. The number of Topliss-reactive ketones (excluding diaryl/α,β-unsaturated/α-hetero) is 2. The van der Waals surface area contributed by atoms with Gasteiger partial charge in [-0.15, -0.1) is 0 Å². The number of esters is 2. The lowest BCUT2D eigenvalue weighted by atomic mass is 9.48. The molecule has 9 aliphatic rings. The van der Waals surface area contributed by atoms with Crippen molar-refractivity contribution in [3.05, 3.63) is 87.5 Å². The van der Waals surface area contributed by atoms with Gasteiger partial charge in [-0.05, 0) is 184 Å². The molecule has 8 atom stereocenters. The van der Waals surface area contributed by atoms with Crippen LogP contribution in [-0.2, 0) is 55.7 Å². The van der Waals surface area contributed by atoms with Crippen molar-refractivity contribution in [2.24, 2.45) is 17.8 Å². The lowest BCUT2D eigenvalue weighted by Gasteiger charge is -2.64. The SMILES string of the molecule is COc1cc(CC(=O)Oc2ccc(C)c3c2O[C@H]2C(=O)CC[C@@]4(O)[C@@H](C)N(CC5CC5)CC[C@]324)c2cc(OC)cc(CC(=O)Oc3ccc4c5c3C[C@H]3C(=O)CC[C@@]6(O)[C@@H](C4)N(CC4CC4)CC[C@]536)c2c1. The fourth-order valence-corrected chi connectivity index (χ4v) is 15.7. The first-order chi connectivity index (χ1) is 34.2. The Morgan fingerprint density at radius 2 is 1.30 bits per heavy atom. The first kappa shape index (κ1) is 45.5. The summed E-state index contributed by atoms with van der Waals surface area (Å²) in [5.74, 6) is 2.00. The summed E-state index contributed by atoms with van der Waals surface area (Å²) in [6, 6.07) is 14.5. The highest BCUT2D eigenvalue weighted by molar-refractivity contribution is 5.96. The average Bonchev–Trinajstić information content (AvgIpc) is 4.29. The van der Waals surface area contributed by atoms with Crippen LogP contribution < -0.4 is 23.7 Å². The number of hydrogen-bond donors (Lipinski definition) is 2. The smallest absolute Gasteiger partial charge is 0.315 e. The molecule has 0 radical (unpaired) electrons. The molecule has 0 unspecified atom stereocenters. The van der Waals surface area contributed by atoms with Crippen LogP contribution in [-0.4, -0.2) is 113 Å². The molecule has 13 nitrogen and oxygen atoms in total. The maximum Gasteiger partial charge on any atom is 0.315 e. The van der Waals surface area contributed by atoms with Gasteiger partial charge < -0.3 is 33.9 Å². The van der Waals surface area contributed by atoms with Crippen molar-refractivity contribution in [2.75, 3.05) is 40.4 Å². The van der Waals surface area contributed by atoms with Crippen LogP contribution in [0, 0.1) is 24.7 Å². The molecular formula is C58H64N2O11. The van der Waals surface area contributed by atoms with E-state index in [1.165, 1.54) is 25.7 Å². The molecule has 372 valence electrons. The van der Waals surface area contributed by atoms with Crippen molar-refractivity contribution < 1.29 is 53.1 Å². The van der Waals surface area contributed by atoms with Gasteiger partial charge in [0, 0.05) is 54.9 Å². The number of methoxy groups -OCH3 is 2. The molecule has 2 saturated heterocycles. The predicted octanol–water partition coefficient (Wildman–Crippen LogP) is 6.60. The van der Waals surface area contributed by atoms with Crippen molar-refractivity contribution in [1.29, 1.82) is 0 Å². The normalized spacial score (nSPS) is 32.4. The fourth-order valence-electron chi connectivity index (χ4n) is 15.7. The quantitative estimate of drug-likeness (QED) is 0.116. The number of hydrogen-bond acceptors (Lipinski definition) is 13. The summed E-state index contributed by atoms with van der Waals surface area (Å²) < 4.78 is 30.7. The summed E-state index contributed by atoms with van der Waals surface area (Å²) in [5, 5.41) is 27.0. The first-order valence-corrected chi connectivity index (χ1v) is 26.2. The number of fused-ring (bicyclic) bond motifs is 2. The second kappa shape index (κ2) is 16.1. The van der Waals surface area contributed by atoms with Gasteiger partial charge in [0.15, 0.2) is 23.4 Å². The Morgan fingerprint density at radius 3 is 1.96 bits per heavy atom. The van der Waals surface area contributed by atoms with Gasteiger partial charge in [0.25, 0.3) is 0 Å². The van der Waals surface area contributed by atoms with E-state index >= 15 is 0 Å². The standard InChI is InChI=1S/C58H64N2O11/c1-31-5-11-47(53-51(31)56-18-19-59(29-33-6-7-33)32(2)57(56,65)15-14-45(62)54(56)71-53)70-50(64)25-37-22-39(68-4)26-40-36(21-38(67-3)27-41(37)40)24-49(63)69-46-12-10-35-23-48-58(66)16-13-44(61)43-28-42(46)52(35)55(43,58)17-20-60(48)30-34-8-9-34/h5,10-12,21-22,26-27,32-34,43,48,54,65-66H,6-9,13-20,23-25,28-30H2,1-4H3/t32-,43+,48-,54+,55-,56+,57-,58-/m1/s1. The second-order valence-electron chi connectivity index (χ2n) is 22.9. The van der Waals surface area contributed by atoms with Crippen molar-refractivity contribution in [3.63, 3.8) is 0 Å². The lowest BCUT2D eigenvalue weighted by molar-refractivity contribution is -0.184. The molecule has 0 aromatic heterocycles. The van der Waals surface area contributed by atoms with Crippen LogP contribution in [0.5, 0.6) is 28.7 Å². The first-order valence-electron chi connectivity index (χ1n) is 26.2. The third kappa shape index (κ3) is 6.56. The molecule has 3 aliphatic heterocycles. The van der Waals surface area contributed by atoms with Gasteiger partial charge in [0.1, 0.15) is 23.0 Å². The molecule has 13 rings (SSSR count). The molecule has 4 saturated carbocycles. The van der Waals surface area contributed by atoms with Crippen molar-refractivity contribution >= 4 is 34.3 Å². The molecule has 3 heterocycles. The largest absolute Gasteiger partial charge is 0.497 e. The highest BCUT2D eigenvalue weighted by atomic mass is 16.6. The Labute approximate surface area is 414 Å². The highest BCUT2D eigenvalue weighted by Crippen LogP contribution is 2.66. The molecule has 2 N–H and O–H groups in total. The number of carbonyl (C=O) groups excluding carboxylic acids is 4. The van der Waals surface area contributed by atoms with E-state index in [1.807, 2.05) is 31.2 Å². The fraction of sp³-hybridized carbons (Fsp3) is 0.552. The molecule has 2 bridgehead atoms. The number of aryl methyl sites for hydroxylation is 1. The molecule has 71 heavy (non-hydrogen) atoms. The van der Waals surface area contributed by atoms with Crippen LogP contribution >= 0.6 is 0 Å². The number of likely N-dealkylation sites (tertiary alicyclic amines) is 2.